The van der Waals surface area contributed by atoms with Gasteiger partial charge in [0.05, 0.1) is 25.7 Å². The van der Waals surface area contributed by atoms with Gasteiger partial charge in [-0.2, -0.15) is 5.26 Å². The summed E-state index contributed by atoms with van der Waals surface area (Å²) >= 11 is 0. The van der Waals surface area contributed by atoms with Crippen LogP contribution in [0, 0.1) is 11.3 Å². The van der Waals surface area contributed by atoms with E-state index in [4.69, 9.17) is 14.7 Å². The highest BCUT2D eigenvalue weighted by molar-refractivity contribution is 5.95. The van der Waals surface area contributed by atoms with Crippen molar-refractivity contribution in [3.05, 3.63) is 23.8 Å². The number of nitriles is 1. The van der Waals surface area contributed by atoms with Crippen molar-refractivity contribution < 1.29 is 14.3 Å². The highest BCUT2D eigenvalue weighted by Gasteiger charge is 2.13. The van der Waals surface area contributed by atoms with Gasteiger partial charge in [0, 0.05) is 11.6 Å². The van der Waals surface area contributed by atoms with Gasteiger partial charge in [0.25, 0.3) is 5.91 Å². The Balaban J connectivity index is 2.87. The molecule has 0 bridgehead atoms. The summed E-state index contributed by atoms with van der Waals surface area (Å²) in [5.74, 6) is 0.947. The zero-order valence-corrected chi connectivity index (χ0v) is 12.1. The Morgan fingerprint density at radius 3 is 2.55 bits per heavy atom. The van der Waals surface area contributed by atoms with Gasteiger partial charge in [-0.3, -0.25) is 4.79 Å². The molecule has 1 N–H and O–H groups in total. The average Bonchev–Trinajstić information content (AvgIpc) is 2.41. The largest absolute Gasteiger partial charge is 0.490 e. The second kappa shape index (κ2) is 8.05. The van der Waals surface area contributed by atoms with E-state index >= 15 is 0 Å². The van der Waals surface area contributed by atoms with Crippen molar-refractivity contribution in [2.24, 2.45) is 0 Å². The molecule has 1 aromatic rings. The topological polar surface area (TPSA) is 71.3 Å². The smallest absolute Gasteiger partial charge is 0.251 e. The molecule has 1 atom stereocenters. The zero-order chi connectivity index (χ0) is 15.0. The molecule has 1 amide bonds. The van der Waals surface area contributed by atoms with E-state index in [2.05, 4.69) is 5.32 Å². The maximum absolute atomic E-state index is 12.0. The zero-order valence-electron chi connectivity index (χ0n) is 12.1. The molecule has 1 rings (SSSR count). The molecule has 0 aromatic heterocycles. The molecule has 1 unspecified atom stereocenters. The minimum atomic E-state index is -0.225. The van der Waals surface area contributed by atoms with Crippen LogP contribution in [0.5, 0.6) is 11.5 Å². The standard InChI is InChI=1S/C15H20N2O3/c1-4-19-13-7-6-12(10-14(13)20-5-2)15(18)17-11(3)8-9-16/h6-7,10-11H,4-5,8H2,1-3H3,(H,17,18). The van der Waals surface area contributed by atoms with Crippen LogP contribution >= 0.6 is 0 Å². The van der Waals surface area contributed by atoms with Gasteiger partial charge in [-0.25, -0.2) is 0 Å². The molecule has 0 aliphatic heterocycles. The first-order valence-electron chi connectivity index (χ1n) is 6.69. The van der Waals surface area contributed by atoms with Crippen molar-refractivity contribution in [3.63, 3.8) is 0 Å². The third-order valence-electron chi connectivity index (χ3n) is 2.58. The number of nitrogens with zero attached hydrogens (tertiary/aromatic N) is 1. The molecule has 108 valence electrons. The Morgan fingerprint density at radius 1 is 1.30 bits per heavy atom. The van der Waals surface area contributed by atoms with Crippen molar-refractivity contribution in [2.75, 3.05) is 13.2 Å². The van der Waals surface area contributed by atoms with Crippen molar-refractivity contribution in [3.8, 4) is 17.6 Å². The van der Waals surface area contributed by atoms with Crippen molar-refractivity contribution in [1.29, 1.82) is 5.26 Å². The molecule has 0 aliphatic carbocycles. The lowest BCUT2D eigenvalue weighted by atomic mass is 10.1. The number of hydrogen-bond donors (Lipinski definition) is 1. The maximum Gasteiger partial charge on any atom is 0.251 e. The summed E-state index contributed by atoms with van der Waals surface area (Å²) in [6, 6.07) is 6.90. The Kier molecular flexibility index (Phi) is 6.38. The van der Waals surface area contributed by atoms with Crippen LogP contribution < -0.4 is 14.8 Å². The lowest BCUT2D eigenvalue weighted by Gasteiger charge is -2.14. The van der Waals surface area contributed by atoms with Crippen LogP contribution in [0.4, 0.5) is 0 Å². The molecule has 0 radical (unpaired) electrons. The van der Waals surface area contributed by atoms with Crippen LogP contribution in [0.25, 0.3) is 0 Å². The van der Waals surface area contributed by atoms with Gasteiger partial charge in [-0.15, -0.1) is 0 Å². The van der Waals surface area contributed by atoms with E-state index in [0.717, 1.165) is 0 Å². The van der Waals surface area contributed by atoms with E-state index in [1.807, 2.05) is 19.9 Å². The normalized spacial score (nSPS) is 11.3. The summed E-state index contributed by atoms with van der Waals surface area (Å²) in [7, 11) is 0. The van der Waals surface area contributed by atoms with E-state index in [0.29, 0.717) is 30.3 Å². The van der Waals surface area contributed by atoms with Gasteiger partial charge < -0.3 is 14.8 Å². The van der Waals surface area contributed by atoms with Crippen LogP contribution in [0.2, 0.25) is 0 Å². The Labute approximate surface area is 119 Å². The predicted molar refractivity (Wildman–Crippen MR) is 75.9 cm³/mol. The first-order chi connectivity index (χ1) is 9.62. The molecule has 0 aliphatic rings. The first-order valence-corrected chi connectivity index (χ1v) is 6.69. The summed E-state index contributed by atoms with van der Waals surface area (Å²) in [5, 5.41) is 11.4. The lowest BCUT2D eigenvalue weighted by molar-refractivity contribution is 0.0940. The number of hydrogen-bond acceptors (Lipinski definition) is 4. The molecular weight excluding hydrogens is 256 g/mol. The molecular formula is C15H20N2O3. The number of carbonyl (C=O) groups excluding carboxylic acids is 1. The van der Waals surface area contributed by atoms with Crippen LogP contribution in [-0.2, 0) is 0 Å². The van der Waals surface area contributed by atoms with Crippen LogP contribution in [-0.4, -0.2) is 25.2 Å². The van der Waals surface area contributed by atoms with E-state index in [1.165, 1.54) is 0 Å². The van der Waals surface area contributed by atoms with E-state index < -0.39 is 0 Å². The van der Waals surface area contributed by atoms with Gasteiger partial charge in [0.1, 0.15) is 0 Å². The highest BCUT2D eigenvalue weighted by atomic mass is 16.5. The SMILES string of the molecule is CCOc1ccc(C(=O)NC(C)CC#N)cc1OCC. The fraction of sp³-hybridized carbons (Fsp3) is 0.467. The number of amides is 1. The lowest BCUT2D eigenvalue weighted by Crippen LogP contribution is -2.32. The number of rotatable bonds is 7. The molecule has 5 heteroatoms. The fourth-order valence-corrected chi connectivity index (χ4v) is 1.69. The summed E-state index contributed by atoms with van der Waals surface area (Å²) < 4.78 is 10.9. The molecule has 1 aromatic carbocycles. The van der Waals surface area contributed by atoms with Crippen LogP contribution in [0.3, 0.4) is 0 Å². The molecule has 0 fully saturated rings. The predicted octanol–water partition coefficient (Wildman–Crippen LogP) is 2.52. The third kappa shape index (κ3) is 4.47. The summed E-state index contributed by atoms with van der Waals surface area (Å²) in [6.45, 7) is 6.58. The Bertz CT molecular complexity index is 494. The monoisotopic (exact) mass is 276 g/mol. The summed E-state index contributed by atoms with van der Waals surface area (Å²) in [5.41, 5.74) is 0.488. The molecule has 5 nitrogen and oxygen atoms in total. The van der Waals surface area contributed by atoms with Gasteiger partial charge in [-0.1, -0.05) is 0 Å². The van der Waals surface area contributed by atoms with E-state index in [9.17, 15) is 4.79 Å². The van der Waals surface area contributed by atoms with Crippen molar-refractivity contribution in [1.82, 2.24) is 5.32 Å². The van der Waals surface area contributed by atoms with Crippen LogP contribution in [0.15, 0.2) is 18.2 Å². The first kappa shape index (κ1) is 15.8. The number of benzene rings is 1. The highest BCUT2D eigenvalue weighted by Crippen LogP contribution is 2.28. The fourth-order valence-electron chi connectivity index (χ4n) is 1.69. The van der Waals surface area contributed by atoms with Gasteiger partial charge >= 0.3 is 0 Å². The minimum Gasteiger partial charge on any atom is -0.490 e. The van der Waals surface area contributed by atoms with E-state index in [1.54, 1.807) is 25.1 Å². The van der Waals surface area contributed by atoms with Gasteiger partial charge in [-0.05, 0) is 39.0 Å². The molecule has 0 saturated heterocycles. The molecule has 20 heavy (non-hydrogen) atoms. The van der Waals surface area contributed by atoms with Gasteiger partial charge in [0.15, 0.2) is 11.5 Å². The number of ether oxygens (including phenoxy) is 2. The van der Waals surface area contributed by atoms with Crippen molar-refractivity contribution >= 4 is 5.91 Å². The van der Waals surface area contributed by atoms with Crippen LogP contribution in [0.1, 0.15) is 37.6 Å². The van der Waals surface area contributed by atoms with E-state index in [-0.39, 0.29) is 18.4 Å². The summed E-state index contributed by atoms with van der Waals surface area (Å²) in [4.78, 5) is 12.0. The molecule has 0 saturated carbocycles. The second-order valence-electron chi connectivity index (χ2n) is 4.26. The number of nitrogens with one attached hydrogen (secondary N) is 1. The average molecular weight is 276 g/mol. The molecule has 0 spiro atoms. The Morgan fingerprint density at radius 2 is 1.95 bits per heavy atom. The second-order valence-corrected chi connectivity index (χ2v) is 4.26. The minimum absolute atomic E-state index is 0.186. The summed E-state index contributed by atoms with van der Waals surface area (Å²) in [6.07, 6.45) is 0.279. The third-order valence-corrected chi connectivity index (χ3v) is 2.58. The number of carbonyl (C=O) groups is 1. The Hall–Kier alpha value is -2.22. The van der Waals surface area contributed by atoms with Crippen molar-refractivity contribution in [2.45, 2.75) is 33.2 Å². The quantitative estimate of drug-likeness (QED) is 0.830. The maximum atomic E-state index is 12.0. The molecule has 0 heterocycles. The van der Waals surface area contributed by atoms with Gasteiger partial charge in [0.2, 0.25) is 0 Å².